The predicted octanol–water partition coefficient (Wildman–Crippen LogP) is 1.02. The van der Waals surface area contributed by atoms with E-state index in [2.05, 4.69) is 11.8 Å². The lowest BCUT2D eigenvalue weighted by Crippen LogP contribution is -2.37. The third-order valence-electron chi connectivity index (χ3n) is 3.47. The Morgan fingerprint density at radius 3 is 2.90 bits per heavy atom. The van der Waals surface area contributed by atoms with Gasteiger partial charge in [-0.1, -0.05) is 24.0 Å². The number of amides is 1. The van der Waals surface area contributed by atoms with E-state index in [1.165, 1.54) is 0 Å². The van der Waals surface area contributed by atoms with Crippen LogP contribution >= 0.6 is 0 Å². The number of aliphatic hydroxyl groups is 2. The molecule has 106 valence electrons. The van der Waals surface area contributed by atoms with Crippen molar-refractivity contribution in [1.29, 1.82) is 0 Å². The third-order valence-corrected chi connectivity index (χ3v) is 3.47. The van der Waals surface area contributed by atoms with Crippen LogP contribution in [0.15, 0.2) is 24.3 Å². The summed E-state index contributed by atoms with van der Waals surface area (Å²) in [5.74, 6) is 5.70. The molecule has 1 atom stereocenters. The Labute approximate surface area is 119 Å². The summed E-state index contributed by atoms with van der Waals surface area (Å²) >= 11 is 0. The Kier molecular flexibility index (Phi) is 5.16. The second kappa shape index (κ2) is 7.09. The molecule has 1 heterocycles. The van der Waals surface area contributed by atoms with Crippen LogP contribution in [0.1, 0.15) is 35.2 Å². The summed E-state index contributed by atoms with van der Waals surface area (Å²) < 4.78 is 0. The lowest BCUT2D eigenvalue weighted by molar-refractivity contribution is 0.0677. The van der Waals surface area contributed by atoms with Crippen molar-refractivity contribution < 1.29 is 15.0 Å². The van der Waals surface area contributed by atoms with Gasteiger partial charge in [-0.05, 0) is 25.0 Å². The second-order valence-electron chi connectivity index (χ2n) is 4.80. The van der Waals surface area contributed by atoms with E-state index in [0.717, 1.165) is 12.8 Å². The molecule has 2 N–H and O–H groups in total. The van der Waals surface area contributed by atoms with Crippen molar-refractivity contribution in [1.82, 2.24) is 4.90 Å². The van der Waals surface area contributed by atoms with Gasteiger partial charge in [0.1, 0.15) is 0 Å². The fourth-order valence-corrected chi connectivity index (χ4v) is 2.44. The summed E-state index contributed by atoms with van der Waals surface area (Å²) in [7, 11) is 0. The SMILES string of the molecule is O=C(c1ccccc1C#CCCO)N1CCCC1CO. The summed E-state index contributed by atoms with van der Waals surface area (Å²) in [5.41, 5.74) is 1.24. The lowest BCUT2D eigenvalue weighted by Gasteiger charge is -2.23. The maximum Gasteiger partial charge on any atom is 0.255 e. The van der Waals surface area contributed by atoms with E-state index in [4.69, 9.17) is 5.11 Å². The van der Waals surface area contributed by atoms with Gasteiger partial charge in [0.2, 0.25) is 0 Å². The maximum absolute atomic E-state index is 12.6. The molecule has 1 unspecified atom stereocenters. The molecule has 1 aliphatic heterocycles. The molecule has 4 nitrogen and oxygen atoms in total. The van der Waals surface area contributed by atoms with E-state index in [9.17, 15) is 9.90 Å². The van der Waals surface area contributed by atoms with E-state index in [1.54, 1.807) is 11.0 Å². The second-order valence-corrected chi connectivity index (χ2v) is 4.80. The van der Waals surface area contributed by atoms with Gasteiger partial charge in [-0.25, -0.2) is 0 Å². The number of aliphatic hydroxyl groups excluding tert-OH is 2. The lowest BCUT2D eigenvalue weighted by atomic mass is 10.1. The van der Waals surface area contributed by atoms with Crippen molar-refractivity contribution >= 4 is 5.91 Å². The van der Waals surface area contributed by atoms with Gasteiger partial charge in [0, 0.05) is 18.5 Å². The molecule has 0 bridgehead atoms. The van der Waals surface area contributed by atoms with Gasteiger partial charge >= 0.3 is 0 Å². The molecule has 1 aliphatic rings. The largest absolute Gasteiger partial charge is 0.395 e. The zero-order chi connectivity index (χ0) is 14.4. The number of carbonyl (C=O) groups excluding carboxylic acids is 1. The molecule has 0 spiro atoms. The molecular weight excluding hydrogens is 254 g/mol. The van der Waals surface area contributed by atoms with Gasteiger partial charge in [-0.2, -0.15) is 0 Å². The molecular formula is C16H19NO3. The molecule has 0 saturated carbocycles. The van der Waals surface area contributed by atoms with E-state index in [0.29, 0.717) is 24.1 Å². The Morgan fingerprint density at radius 1 is 1.35 bits per heavy atom. The zero-order valence-corrected chi connectivity index (χ0v) is 11.4. The predicted molar refractivity (Wildman–Crippen MR) is 76.2 cm³/mol. The van der Waals surface area contributed by atoms with Crippen LogP contribution in [-0.2, 0) is 0 Å². The van der Waals surface area contributed by atoms with Gasteiger partial charge in [0.05, 0.1) is 24.8 Å². The number of hydrogen-bond acceptors (Lipinski definition) is 3. The molecule has 1 aromatic carbocycles. The van der Waals surface area contributed by atoms with E-state index < -0.39 is 0 Å². The van der Waals surface area contributed by atoms with E-state index >= 15 is 0 Å². The number of hydrogen-bond donors (Lipinski definition) is 2. The standard InChI is InChI=1S/C16H19NO3/c18-11-4-3-7-13-6-1-2-9-15(13)16(20)17-10-5-8-14(17)12-19/h1-2,6,9,14,18-19H,4-5,8,10-12H2. The van der Waals surface area contributed by atoms with Crippen LogP contribution in [0.2, 0.25) is 0 Å². The fraction of sp³-hybridized carbons (Fsp3) is 0.438. The summed E-state index contributed by atoms with van der Waals surface area (Å²) in [6, 6.07) is 7.14. The highest BCUT2D eigenvalue weighted by Crippen LogP contribution is 2.21. The monoisotopic (exact) mass is 273 g/mol. The third kappa shape index (κ3) is 3.19. The van der Waals surface area contributed by atoms with Gasteiger partial charge in [0.15, 0.2) is 0 Å². The van der Waals surface area contributed by atoms with E-state index in [-0.39, 0.29) is 25.2 Å². The summed E-state index contributed by atoms with van der Waals surface area (Å²) in [4.78, 5) is 14.3. The van der Waals surface area contributed by atoms with Crippen molar-refractivity contribution in [2.45, 2.75) is 25.3 Å². The minimum atomic E-state index is -0.0824. The number of likely N-dealkylation sites (tertiary alicyclic amines) is 1. The van der Waals surface area contributed by atoms with Gasteiger partial charge in [-0.3, -0.25) is 4.79 Å². The number of benzene rings is 1. The topological polar surface area (TPSA) is 60.8 Å². The Bertz CT molecular complexity index is 530. The van der Waals surface area contributed by atoms with Gasteiger partial charge in [-0.15, -0.1) is 0 Å². The van der Waals surface area contributed by atoms with E-state index in [1.807, 2.05) is 18.2 Å². The van der Waals surface area contributed by atoms with Crippen LogP contribution in [0, 0.1) is 11.8 Å². The average Bonchev–Trinajstić information content (AvgIpc) is 2.96. The first-order valence-electron chi connectivity index (χ1n) is 6.88. The molecule has 2 rings (SSSR count). The molecule has 0 aliphatic carbocycles. The highest BCUT2D eigenvalue weighted by molar-refractivity contribution is 5.97. The summed E-state index contributed by atoms with van der Waals surface area (Å²) in [6.45, 7) is 0.703. The summed E-state index contributed by atoms with van der Waals surface area (Å²) in [5, 5.41) is 18.1. The maximum atomic E-state index is 12.6. The van der Waals surface area contributed by atoms with Crippen LogP contribution in [0.4, 0.5) is 0 Å². The highest BCUT2D eigenvalue weighted by atomic mass is 16.3. The molecule has 20 heavy (non-hydrogen) atoms. The van der Waals surface area contributed by atoms with Crippen LogP contribution in [-0.4, -0.2) is 46.8 Å². The smallest absolute Gasteiger partial charge is 0.255 e. The van der Waals surface area contributed by atoms with Crippen molar-refractivity contribution in [3.8, 4) is 11.8 Å². The molecule has 1 fully saturated rings. The van der Waals surface area contributed by atoms with Crippen molar-refractivity contribution in [2.75, 3.05) is 19.8 Å². The summed E-state index contributed by atoms with van der Waals surface area (Å²) in [6.07, 6.45) is 2.17. The van der Waals surface area contributed by atoms with Crippen LogP contribution in [0.25, 0.3) is 0 Å². The molecule has 1 amide bonds. The first-order chi connectivity index (χ1) is 9.77. The minimum Gasteiger partial charge on any atom is -0.395 e. The quantitative estimate of drug-likeness (QED) is 0.808. The average molecular weight is 273 g/mol. The first kappa shape index (κ1) is 14.6. The van der Waals surface area contributed by atoms with Crippen molar-refractivity contribution in [3.63, 3.8) is 0 Å². The molecule has 4 heteroatoms. The van der Waals surface area contributed by atoms with Gasteiger partial charge in [0.25, 0.3) is 5.91 Å². The van der Waals surface area contributed by atoms with Gasteiger partial charge < -0.3 is 15.1 Å². The fourth-order valence-electron chi connectivity index (χ4n) is 2.44. The molecule has 1 saturated heterocycles. The van der Waals surface area contributed by atoms with Crippen LogP contribution in [0.5, 0.6) is 0 Å². The van der Waals surface area contributed by atoms with Crippen molar-refractivity contribution in [3.05, 3.63) is 35.4 Å². The Morgan fingerprint density at radius 2 is 2.15 bits per heavy atom. The number of rotatable bonds is 3. The normalized spacial score (nSPS) is 17.7. The Balaban J connectivity index is 2.24. The highest BCUT2D eigenvalue weighted by Gasteiger charge is 2.29. The molecule has 0 radical (unpaired) electrons. The number of carbonyl (C=O) groups is 1. The molecule has 0 aromatic heterocycles. The Hall–Kier alpha value is -1.83. The van der Waals surface area contributed by atoms with Crippen molar-refractivity contribution in [2.24, 2.45) is 0 Å². The molecule has 1 aromatic rings. The minimum absolute atomic E-state index is 0.00407. The number of nitrogens with zero attached hydrogens (tertiary/aromatic N) is 1. The van der Waals surface area contributed by atoms with Crippen LogP contribution < -0.4 is 0 Å². The first-order valence-corrected chi connectivity index (χ1v) is 6.88. The van der Waals surface area contributed by atoms with Crippen LogP contribution in [0.3, 0.4) is 0 Å². The zero-order valence-electron chi connectivity index (χ0n) is 11.4.